The Kier molecular flexibility index (Phi) is 4.91. The van der Waals surface area contributed by atoms with Gasteiger partial charge in [-0.15, -0.1) is 0 Å². The highest BCUT2D eigenvalue weighted by Gasteiger charge is 2.33. The van der Waals surface area contributed by atoms with Gasteiger partial charge >= 0.3 is 0 Å². The van der Waals surface area contributed by atoms with Gasteiger partial charge in [-0.05, 0) is 62.7 Å². The molecule has 3 nitrogen and oxygen atoms in total. The summed E-state index contributed by atoms with van der Waals surface area (Å²) in [6.45, 7) is 2.58. The average Bonchev–Trinajstić information content (AvgIpc) is 2.99. The number of alkyl halides is 2. The molecule has 0 aromatic carbocycles. The van der Waals surface area contributed by atoms with Crippen LogP contribution in [0.1, 0.15) is 43.4 Å². The van der Waals surface area contributed by atoms with Gasteiger partial charge < -0.3 is 10.6 Å². The van der Waals surface area contributed by atoms with Crippen molar-refractivity contribution in [2.75, 3.05) is 25.0 Å². The molecule has 1 fully saturated rings. The standard InChI is InChI=1S/C17H25F2N3/c18-17(19,11-13-7-10-20-12-13)8-1-4-15-6-5-14-3-2-9-21-16(14)22-15/h5-6,13,20H,1-4,7-12H2,(H,21,22). The van der Waals surface area contributed by atoms with E-state index in [9.17, 15) is 8.78 Å². The van der Waals surface area contributed by atoms with Crippen LogP contribution in [-0.4, -0.2) is 30.5 Å². The molecule has 1 unspecified atom stereocenters. The molecule has 1 atom stereocenters. The van der Waals surface area contributed by atoms with Crippen LogP contribution in [0.4, 0.5) is 14.6 Å². The van der Waals surface area contributed by atoms with E-state index < -0.39 is 5.92 Å². The lowest BCUT2D eigenvalue weighted by atomic mass is 9.96. The first-order chi connectivity index (χ1) is 10.6. The monoisotopic (exact) mass is 309 g/mol. The van der Waals surface area contributed by atoms with Crippen molar-refractivity contribution in [3.63, 3.8) is 0 Å². The molecule has 2 N–H and O–H groups in total. The van der Waals surface area contributed by atoms with Crippen molar-refractivity contribution in [2.24, 2.45) is 5.92 Å². The van der Waals surface area contributed by atoms with E-state index in [1.54, 1.807) is 0 Å². The second-order valence-electron chi connectivity index (χ2n) is 6.61. The van der Waals surface area contributed by atoms with Crippen molar-refractivity contribution in [3.05, 3.63) is 23.4 Å². The maximum absolute atomic E-state index is 14.0. The molecule has 0 spiro atoms. The predicted octanol–water partition coefficient (Wildman–Crippen LogP) is 3.40. The third-order valence-electron chi connectivity index (χ3n) is 4.68. The van der Waals surface area contributed by atoms with E-state index in [2.05, 4.69) is 21.7 Å². The van der Waals surface area contributed by atoms with E-state index in [1.165, 1.54) is 5.56 Å². The Balaban J connectivity index is 1.47. The Morgan fingerprint density at radius 3 is 3.00 bits per heavy atom. The van der Waals surface area contributed by atoms with Gasteiger partial charge in [0.25, 0.3) is 0 Å². The second-order valence-corrected chi connectivity index (χ2v) is 6.61. The van der Waals surface area contributed by atoms with Crippen LogP contribution in [0.25, 0.3) is 0 Å². The SMILES string of the molecule is FC(F)(CCCc1ccc2c(n1)NCCC2)CC1CCNC1. The van der Waals surface area contributed by atoms with Crippen molar-refractivity contribution in [2.45, 2.75) is 50.9 Å². The summed E-state index contributed by atoms with van der Waals surface area (Å²) < 4.78 is 28.0. The highest BCUT2D eigenvalue weighted by atomic mass is 19.3. The summed E-state index contributed by atoms with van der Waals surface area (Å²) in [5, 5.41) is 6.45. The first-order valence-corrected chi connectivity index (χ1v) is 8.44. The second kappa shape index (κ2) is 6.90. The fraction of sp³-hybridized carbons (Fsp3) is 0.706. The molecule has 3 rings (SSSR count). The third-order valence-corrected chi connectivity index (χ3v) is 4.68. The van der Waals surface area contributed by atoms with Crippen LogP contribution in [0.2, 0.25) is 0 Å². The van der Waals surface area contributed by atoms with Crippen LogP contribution in [0, 0.1) is 5.92 Å². The number of rotatable bonds is 6. The predicted molar refractivity (Wildman–Crippen MR) is 84.5 cm³/mol. The summed E-state index contributed by atoms with van der Waals surface area (Å²) in [7, 11) is 0. The number of nitrogens with zero attached hydrogens (tertiary/aromatic N) is 1. The lowest BCUT2D eigenvalue weighted by molar-refractivity contribution is -0.0303. The molecule has 0 aliphatic carbocycles. The van der Waals surface area contributed by atoms with Gasteiger partial charge in [0, 0.05) is 25.1 Å². The lowest BCUT2D eigenvalue weighted by Gasteiger charge is -2.20. The Bertz CT molecular complexity index is 499. The van der Waals surface area contributed by atoms with Crippen molar-refractivity contribution in [1.29, 1.82) is 0 Å². The maximum atomic E-state index is 14.0. The molecular weight excluding hydrogens is 284 g/mol. The van der Waals surface area contributed by atoms with Gasteiger partial charge in [0.15, 0.2) is 0 Å². The van der Waals surface area contributed by atoms with Gasteiger partial charge in [0.05, 0.1) is 0 Å². The van der Waals surface area contributed by atoms with Crippen molar-refractivity contribution >= 4 is 5.82 Å². The molecule has 0 amide bonds. The molecule has 122 valence electrons. The zero-order valence-electron chi connectivity index (χ0n) is 13.0. The van der Waals surface area contributed by atoms with Crippen LogP contribution in [0.3, 0.4) is 0 Å². The van der Waals surface area contributed by atoms with Crippen molar-refractivity contribution < 1.29 is 8.78 Å². The van der Waals surface area contributed by atoms with Crippen LogP contribution in [0.5, 0.6) is 0 Å². The number of halogens is 2. The van der Waals surface area contributed by atoms with E-state index >= 15 is 0 Å². The summed E-state index contributed by atoms with van der Waals surface area (Å²) in [5.41, 5.74) is 2.17. The topological polar surface area (TPSA) is 37.0 Å². The Morgan fingerprint density at radius 2 is 2.18 bits per heavy atom. The highest BCUT2D eigenvalue weighted by Crippen LogP contribution is 2.31. The minimum Gasteiger partial charge on any atom is -0.370 e. The molecule has 0 saturated carbocycles. The van der Waals surface area contributed by atoms with Gasteiger partial charge in [-0.1, -0.05) is 6.07 Å². The number of nitrogens with one attached hydrogen (secondary N) is 2. The number of hydrogen-bond acceptors (Lipinski definition) is 3. The summed E-state index contributed by atoms with van der Waals surface area (Å²) in [5.74, 6) is -1.45. The van der Waals surface area contributed by atoms with Crippen LogP contribution < -0.4 is 10.6 Å². The third kappa shape index (κ3) is 4.15. The molecule has 0 radical (unpaired) electrons. The number of hydrogen-bond donors (Lipinski definition) is 2. The van der Waals surface area contributed by atoms with Gasteiger partial charge in [-0.25, -0.2) is 13.8 Å². The van der Waals surface area contributed by atoms with E-state index in [-0.39, 0.29) is 18.8 Å². The van der Waals surface area contributed by atoms with Crippen LogP contribution in [0.15, 0.2) is 12.1 Å². The number of anilines is 1. The van der Waals surface area contributed by atoms with Gasteiger partial charge in [0.1, 0.15) is 5.82 Å². The first-order valence-electron chi connectivity index (χ1n) is 8.44. The summed E-state index contributed by atoms with van der Waals surface area (Å²) in [6.07, 6.45) is 4.20. The average molecular weight is 309 g/mol. The normalized spacial score (nSPS) is 21.5. The van der Waals surface area contributed by atoms with Crippen molar-refractivity contribution in [3.8, 4) is 0 Å². The van der Waals surface area contributed by atoms with Gasteiger partial charge in [0.2, 0.25) is 5.92 Å². The Hall–Kier alpha value is -1.23. The molecule has 22 heavy (non-hydrogen) atoms. The molecule has 1 aromatic rings. The van der Waals surface area contributed by atoms with E-state index in [4.69, 9.17) is 0 Å². The van der Waals surface area contributed by atoms with E-state index in [1.807, 2.05) is 6.07 Å². The summed E-state index contributed by atoms with van der Waals surface area (Å²) in [4.78, 5) is 4.57. The molecule has 0 bridgehead atoms. The van der Waals surface area contributed by atoms with E-state index in [0.29, 0.717) is 12.8 Å². The number of fused-ring (bicyclic) bond motifs is 1. The highest BCUT2D eigenvalue weighted by molar-refractivity contribution is 5.46. The molecule has 1 aromatic heterocycles. The lowest BCUT2D eigenvalue weighted by Crippen LogP contribution is -2.22. The van der Waals surface area contributed by atoms with E-state index in [0.717, 1.165) is 50.4 Å². The van der Waals surface area contributed by atoms with Crippen LogP contribution in [-0.2, 0) is 12.8 Å². The largest absolute Gasteiger partial charge is 0.370 e. The van der Waals surface area contributed by atoms with Gasteiger partial charge in [-0.3, -0.25) is 0 Å². The Labute approximate surface area is 130 Å². The number of aryl methyl sites for hydroxylation is 2. The van der Waals surface area contributed by atoms with Crippen molar-refractivity contribution in [1.82, 2.24) is 10.3 Å². The molecule has 3 heterocycles. The fourth-order valence-corrected chi connectivity index (χ4v) is 3.45. The fourth-order valence-electron chi connectivity index (χ4n) is 3.45. The maximum Gasteiger partial charge on any atom is 0.248 e. The molecule has 1 saturated heterocycles. The Morgan fingerprint density at radius 1 is 1.27 bits per heavy atom. The number of pyridine rings is 1. The molecular formula is C17H25F2N3. The summed E-state index contributed by atoms with van der Waals surface area (Å²) in [6, 6.07) is 4.08. The number of aromatic nitrogens is 1. The molecule has 2 aliphatic heterocycles. The molecule has 2 aliphatic rings. The van der Waals surface area contributed by atoms with Crippen LogP contribution >= 0.6 is 0 Å². The first kappa shape index (κ1) is 15.7. The smallest absolute Gasteiger partial charge is 0.248 e. The molecule has 5 heteroatoms. The quantitative estimate of drug-likeness (QED) is 0.845. The zero-order chi connectivity index (χ0) is 15.4. The van der Waals surface area contributed by atoms with Gasteiger partial charge in [-0.2, -0.15) is 0 Å². The zero-order valence-corrected chi connectivity index (χ0v) is 13.0. The minimum atomic E-state index is -2.54. The minimum absolute atomic E-state index is 0.0270. The summed E-state index contributed by atoms with van der Waals surface area (Å²) >= 11 is 0.